The largest absolute Gasteiger partial charge is 0.464 e. The van der Waals surface area contributed by atoms with Gasteiger partial charge in [-0.3, -0.25) is 4.99 Å². The standard InChI is InChI=1S/C14H22N2O4/c1-4-18-13(17)12(14(19-5-2)20-6-3)16-10-11-8-7-9-15-11/h7-10,12,14-15H,4-6H2,1-3H3/t12-/m1/s1. The number of rotatable bonds is 9. The molecule has 20 heavy (non-hydrogen) atoms. The Hall–Kier alpha value is -1.66. The van der Waals surface area contributed by atoms with Crippen LogP contribution in [0, 0.1) is 0 Å². The van der Waals surface area contributed by atoms with Gasteiger partial charge < -0.3 is 19.2 Å². The molecule has 6 heteroatoms. The number of hydrogen-bond donors (Lipinski definition) is 1. The first-order chi connectivity index (χ1) is 9.72. The smallest absolute Gasteiger partial charge is 0.336 e. The highest BCUT2D eigenvalue weighted by Crippen LogP contribution is 2.09. The Morgan fingerprint density at radius 3 is 2.50 bits per heavy atom. The first kappa shape index (κ1) is 16.4. The molecule has 0 spiro atoms. The molecule has 0 aromatic carbocycles. The highest BCUT2D eigenvalue weighted by atomic mass is 16.7. The Morgan fingerprint density at radius 2 is 2.00 bits per heavy atom. The maximum absolute atomic E-state index is 12.0. The molecule has 1 aromatic heterocycles. The summed E-state index contributed by atoms with van der Waals surface area (Å²) in [6.45, 7) is 6.57. The van der Waals surface area contributed by atoms with E-state index in [0.717, 1.165) is 5.69 Å². The van der Waals surface area contributed by atoms with Crippen LogP contribution in [-0.2, 0) is 19.0 Å². The molecule has 1 atom stereocenters. The van der Waals surface area contributed by atoms with E-state index < -0.39 is 18.3 Å². The predicted octanol–water partition coefficient (Wildman–Crippen LogP) is 1.76. The van der Waals surface area contributed by atoms with Crippen LogP contribution < -0.4 is 0 Å². The number of nitrogens with zero attached hydrogens (tertiary/aromatic N) is 1. The maximum Gasteiger partial charge on any atom is 0.336 e. The highest BCUT2D eigenvalue weighted by molar-refractivity contribution is 5.83. The maximum atomic E-state index is 12.0. The molecule has 0 radical (unpaired) electrons. The number of aromatic nitrogens is 1. The lowest BCUT2D eigenvalue weighted by molar-refractivity contribution is -0.174. The molecule has 0 fully saturated rings. The quantitative estimate of drug-likeness (QED) is 0.425. The molecule has 6 nitrogen and oxygen atoms in total. The van der Waals surface area contributed by atoms with Crippen LogP contribution in [-0.4, -0.2) is 49.3 Å². The second-order valence-electron chi connectivity index (χ2n) is 3.88. The van der Waals surface area contributed by atoms with E-state index >= 15 is 0 Å². The van der Waals surface area contributed by atoms with Gasteiger partial charge in [-0.2, -0.15) is 0 Å². The summed E-state index contributed by atoms with van der Waals surface area (Å²) in [4.78, 5) is 19.2. The summed E-state index contributed by atoms with van der Waals surface area (Å²) in [5, 5.41) is 0. The lowest BCUT2D eigenvalue weighted by Gasteiger charge is -2.22. The Bertz CT molecular complexity index is 397. The molecule has 0 saturated heterocycles. The van der Waals surface area contributed by atoms with Crippen LogP contribution in [0.3, 0.4) is 0 Å². The van der Waals surface area contributed by atoms with E-state index in [4.69, 9.17) is 14.2 Å². The van der Waals surface area contributed by atoms with E-state index in [1.165, 1.54) is 0 Å². The number of H-pyrrole nitrogens is 1. The third kappa shape index (κ3) is 5.14. The molecule has 1 aromatic rings. The van der Waals surface area contributed by atoms with Crippen molar-refractivity contribution in [1.82, 2.24) is 4.98 Å². The summed E-state index contributed by atoms with van der Waals surface area (Å²) in [6, 6.07) is 2.86. The van der Waals surface area contributed by atoms with Crippen molar-refractivity contribution < 1.29 is 19.0 Å². The van der Waals surface area contributed by atoms with Crippen molar-refractivity contribution in [1.29, 1.82) is 0 Å². The summed E-state index contributed by atoms with van der Waals surface area (Å²) in [5.74, 6) is -0.456. The number of carbonyl (C=O) groups is 1. The van der Waals surface area contributed by atoms with Crippen molar-refractivity contribution in [2.75, 3.05) is 19.8 Å². The van der Waals surface area contributed by atoms with Crippen LogP contribution in [0.25, 0.3) is 0 Å². The Labute approximate surface area is 119 Å². The topological polar surface area (TPSA) is 72.9 Å². The average Bonchev–Trinajstić information content (AvgIpc) is 2.93. The first-order valence-electron chi connectivity index (χ1n) is 6.79. The number of nitrogens with one attached hydrogen (secondary N) is 1. The van der Waals surface area contributed by atoms with E-state index in [2.05, 4.69) is 9.98 Å². The van der Waals surface area contributed by atoms with Crippen LogP contribution in [0.2, 0.25) is 0 Å². The van der Waals surface area contributed by atoms with Gasteiger partial charge in [0.25, 0.3) is 0 Å². The van der Waals surface area contributed by atoms with Crippen molar-refractivity contribution in [3.63, 3.8) is 0 Å². The monoisotopic (exact) mass is 282 g/mol. The van der Waals surface area contributed by atoms with E-state index in [1.54, 1.807) is 19.3 Å². The Balaban J connectivity index is 2.84. The van der Waals surface area contributed by atoms with Gasteiger partial charge >= 0.3 is 5.97 Å². The van der Waals surface area contributed by atoms with Gasteiger partial charge in [0.05, 0.1) is 12.3 Å². The van der Waals surface area contributed by atoms with Crippen LogP contribution in [0.1, 0.15) is 26.5 Å². The number of hydrogen-bond acceptors (Lipinski definition) is 5. The van der Waals surface area contributed by atoms with Crippen molar-refractivity contribution >= 4 is 12.2 Å². The Morgan fingerprint density at radius 1 is 1.30 bits per heavy atom. The number of ether oxygens (including phenoxy) is 3. The minimum absolute atomic E-state index is 0.290. The minimum Gasteiger partial charge on any atom is -0.464 e. The van der Waals surface area contributed by atoms with Crippen LogP contribution in [0.4, 0.5) is 0 Å². The van der Waals surface area contributed by atoms with Crippen molar-refractivity contribution in [3.8, 4) is 0 Å². The minimum atomic E-state index is -0.835. The molecule has 0 saturated carbocycles. The van der Waals surface area contributed by atoms with Crippen molar-refractivity contribution in [2.24, 2.45) is 4.99 Å². The molecule has 0 aliphatic rings. The van der Waals surface area contributed by atoms with Gasteiger partial charge in [0.2, 0.25) is 0 Å². The molecule has 1 N–H and O–H groups in total. The van der Waals surface area contributed by atoms with E-state index in [0.29, 0.717) is 19.8 Å². The number of esters is 1. The number of carbonyl (C=O) groups excluding carboxylic acids is 1. The molecule has 0 aliphatic heterocycles. The normalized spacial score (nSPS) is 13.0. The van der Waals surface area contributed by atoms with Crippen LogP contribution in [0.15, 0.2) is 23.3 Å². The molecule has 0 unspecified atom stereocenters. The van der Waals surface area contributed by atoms with Crippen molar-refractivity contribution in [2.45, 2.75) is 33.1 Å². The predicted molar refractivity (Wildman–Crippen MR) is 75.8 cm³/mol. The van der Waals surface area contributed by atoms with Gasteiger partial charge in [-0.25, -0.2) is 4.79 Å². The summed E-state index contributed by atoms with van der Waals surface area (Å²) < 4.78 is 15.9. The first-order valence-corrected chi connectivity index (χ1v) is 6.79. The fraction of sp³-hybridized carbons (Fsp3) is 0.571. The molecular formula is C14H22N2O4. The Kier molecular flexibility index (Phi) is 7.60. The average molecular weight is 282 g/mol. The van der Waals surface area contributed by atoms with E-state index in [1.807, 2.05) is 26.0 Å². The van der Waals surface area contributed by atoms with Gasteiger partial charge in [0, 0.05) is 25.6 Å². The fourth-order valence-electron chi connectivity index (χ4n) is 1.61. The molecule has 112 valence electrons. The molecule has 1 rings (SSSR count). The third-order valence-electron chi connectivity index (χ3n) is 2.44. The summed E-state index contributed by atoms with van der Waals surface area (Å²) in [5.41, 5.74) is 0.797. The van der Waals surface area contributed by atoms with Crippen LogP contribution >= 0.6 is 0 Å². The van der Waals surface area contributed by atoms with Gasteiger partial charge in [0.15, 0.2) is 12.3 Å². The zero-order chi connectivity index (χ0) is 14.8. The second-order valence-corrected chi connectivity index (χ2v) is 3.88. The molecule has 0 amide bonds. The number of aromatic amines is 1. The van der Waals surface area contributed by atoms with Gasteiger partial charge in [-0.05, 0) is 32.9 Å². The van der Waals surface area contributed by atoms with Crippen LogP contribution in [0.5, 0.6) is 0 Å². The summed E-state index contributed by atoms with van der Waals surface area (Å²) in [6.07, 6.45) is 2.62. The van der Waals surface area contributed by atoms with Gasteiger partial charge in [-0.1, -0.05) is 0 Å². The SMILES string of the molecule is CCOC(=O)[C@@H](N=Cc1ccc[nH]1)C(OCC)OCC. The zero-order valence-corrected chi connectivity index (χ0v) is 12.2. The lowest BCUT2D eigenvalue weighted by atomic mass is 10.3. The number of aliphatic imine (C=N–C) groups is 1. The van der Waals surface area contributed by atoms with Gasteiger partial charge in [0.1, 0.15) is 0 Å². The molecule has 0 bridgehead atoms. The van der Waals surface area contributed by atoms with E-state index in [-0.39, 0.29) is 0 Å². The zero-order valence-electron chi connectivity index (χ0n) is 12.2. The third-order valence-corrected chi connectivity index (χ3v) is 2.44. The molecule has 0 aliphatic carbocycles. The fourth-order valence-corrected chi connectivity index (χ4v) is 1.61. The second kappa shape index (κ2) is 9.28. The molecular weight excluding hydrogens is 260 g/mol. The van der Waals surface area contributed by atoms with Crippen molar-refractivity contribution in [3.05, 3.63) is 24.0 Å². The lowest BCUT2D eigenvalue weighted by Crippen LogP contribution is -2.38. The summed E-state index contributed by atoms with van der Waals surface area (Å²) >= 11 is 0. The van der Waals surface area contributed by atoms with E-state index in [9.17, 15) is 4.79 Å². The molecule has 1 heterocycles. The highest BCUT2D eigenvalue weighted by Gasteiger charge is 2.30. The van der Waals surface area contributed by atoms with Gasteiger partial charge in [-0.15, -0.1) is 0 Å². The summed E-state index contributed by atoms with van der Waals surface area (Å²) in [7, 11) is 0.